The molecule has 132 valence electrons. The highest BCUT2D eigenvalue weighted by atomic mass is 16.5. The van der Waals surface area contributed by atoms with Crippen LogP contribution in [0.4, 0.5) is 0 Å². The van der Waals surface area contributed by atoms with Crippen molar-refractivity contribution in [1.29, 1.82) is 0 Å². The Kier molecular flexibility index (Phi) is 6.14. The second kappa shape index (κ2) is 8.74. The number of amides is 1. The molecule has 25 heavy (non-hydrogen) atoms. The van der Waals surface area contributed by atoms with Crippen molar-refractivity contribution in [2.24, 2.45) is 0 Å². The molecule has 2 unspecified atom stereocenters. The molecule has 1 N–H and O–H groups in total. The van der Waals surface area contributed by atoms with Crippen molar-refractivity contribution in [2.45, 2.75) is 32.0 Å². The van der Waals surface area contributed by atoms with Crippen LogP contribution in [0.3, 0.4) is 0 Å². The maximum atomic E-state index is 12.3. The number of nitrogens with one attached hydrogen (secondary N) is 1. The van der Waals surface area contributed by atoms with Gasteiger partial charge in [-0.25, -0.2) is 0 Å². The molecule has 5 nitrogen and oxygen atoms in total. The molecule has 0 bridgehead atoms. The summed E-state index contributed by atoms with van der Waals surface area (Å²) in [7, 11) is 0. The molecule has 1 saturated heterocycles. The number of rotatable bonds is 6. The highest BCUT2D eigenvalue weighted by Crippen LogP contribution is 2.14. The Hall–Kier alpha value is -2.24. The highest BCUT2D eigenvalue weighted by molar-refractivity contribution is 5.77. The van der Waals surface area contributed by atoms with E-state index in [1.165, 1.54) is 5.56 Å². The van der Waals surface area contributed by atoms with Gasteiger partial charge in [0.15, 0.2) is 0 Å². The third-order valence-electron chi connectivity index (χ3n) is 4.45. The summed E-state index contributed by atoms with van der Waals surface area (Å²) in [4.78, 5) is 18.8. The van der Waals surface area contributed by atoms with Crippen LogP contribution in [-0.4, -0.2) is 41.6 Å². The average molecular weight is 339 g/mol. The number of benzene rings is 1. The van der Waals surface area contributed by atoms with Gasteiger partial charge in [-0.2, -0.15) is 0 Å². The molecular formula is C20H25N3O2. The van der Waals surface area contributed by atoms with Crippen LogP contribution in [0.15, 0.2) is 54.9 Å². The first-order valence-corrected chi connectivity index (χ1v) is 8.78. The van der Waals surface area contributed by atoms with E-state index in [0.717, 1.165) is 25.2 Å². The van der Waals surface area contributed by atoms with E-state index in [2.05, 4.69) is 39.5 Å². The SMILES string of the molecule is CC(NC(=O)CC1CN(Cc2ccccc2)CCO1)c1cccnc1. The summed E-state index contributed by atoms with van der Waals surface area (Å²) in [5, 5.41) is 3.03. The van der Waals surface area contributed by atoms with Crippen molar-refractivity contribution < 1.29 is 9.53 Å². The quantitative estimate of drug-likeness (QED) is 0.879. The number of nitrogens with zero attached hydrogens (tertiary/aromatic N) is 2. The molecule has 1 aliphatic heterocycles. The molecule has 5 heteroatoms. The molecule has 2 atom stereocenters. The van der Waals surface area contributed by atoms with Crippen LogP contribution in [-0.2, 0) is 16.1 Å². The van der Waals surface area contributed by atoms with Gasteiger partial charge < -0.3 is 10.1 Å². The lowest BCUT2D eigenvalue weighted by Crippen LogP contribution is -2.44. The third kappa shape index (κ3) is 5.37. The van der Waals surface area contributed by atoms with Crippen molar-refractivity contribution >= 4 is 5.91 Å². The summed E-state index contributed by atoms with van der Waals surface area (Å²) >= 11 is 0. The minimum Gasteiger partial charge on any atom is -0.375 e. The smallest absolute Gasteiger partial charge is 0.223 e. The second-order valence-electron chi connectivity index (χ2n) is 6.49. The van der Waals surface area contributed by atoms with E-state index in [1.807, 2.05) is 25.1 Å². The molecule has 1 amide bonds. The van der Waals surface area contributed by atoms with Gasteiger partial charge in [0.05, 0.1) is 25.2 Å². The monoisotopic (exact) mass is 339 g/mol. The van der Waals surface area contributed by atoms with Gasteiger partial charge >= 0.3 is 0 Å². The summed E-state index contributed by atoms with van der Waals surface area (Å²) in [5.74, 6) is 0.0166. The van der Waals surface area contributed by atoms with Gasteiger partial charge in [0.2, 0.25) is 5.91 Å². The number of ether oxygens (including phenoxy) is 1. The Morgan fingerprint density at radius 1 is 1.32 bits per heavy atom. The first-order chi connectivity index (χ1) is 12.2. The third-order valence-corrected chi connectivity index (χ3v) is 4.45. The van der Waals surface area contributed by atoms with E-state index >= 15 is 0 Å². The van der Waals surface area contributed by atoms with Gasteiger partial charge in [-0.15, -0.1) is 0 Å². The van der Waals surface area contributed by atoms with Crippen molar-refractivity contribution in [1.82, 2.24) is 15.2 Å². The van der Waals surface area contributed by atoms with Crippen molar-refractivity contribution in [3.63, 3.8) is 0 Å². The Bertz CT molecular complexity index is 663. The van der Waals surface area contributed by atoms with Crippen LogP contribution in [0.25, 0.3) is 0 Å². The zero-order chi connectivity index (χ0) is 17.5. The molecule has 1 aromatic carbocycles. The van der Waals surface area contributed by atoms with Crippen LogP contribution in [0.5, 0.6) is 0 Å². The largest absolute Gasteiger partial charge is 0.375 e. The fourth-order valence-corrected chi connectivity index (χ4v) is 3.11. The molecular weight excluding hydrogens is 314 g/mol. The van der Waals surface area contributed by atoms with Crippen molar-refractivity contribution in [2.75, 3.05) is 19.7 Å². The normalized spacial score (nSPS) is 19.3. The fraction of sp³-hybridized carbons (Fsp3) is 0.400. The fourth-order valence-electron chi connectivity index (χ4n) is 3.11. The predicted molar refractivity (Wildman–Crippen MR) is 96.9 cm³/mol. The highest BCUT2D eigenvalue weighted by Gasteiger charge is 2.23. The lowest BCUT2D eigenvalue weighted by Gasteiger charge is -2.32. The Morgan fingerprint density at radius 3 is 2.92 bits per heavy atom. The van der Waals surface area contributed by atoms with Crippen LogP contribution in [0, 0.1) is 0 Å². The summed E-state index contributed by atoms with van der Waals surface area (Å²) in [6.07, 6.45) is 3.84. The molecule has 1 fully saturated rings. The van der Waals surface area contributed by atoms with Gasteiger partial charge in [-0.1, -0.05) is 36.4 Å². The first kappa shape index (κ1) is 17.6. The Labute approximate surface area is 149 Å². The van der Waals surface area contributed by atoms with Gasteiger partial charge in [0, 0.05) is 32.0 Å². The second-order valence-corrected chi connectivity index (χ2v) is 6.49. The van der Waals surface area contributed by atoms with E-state index in [9.17, 15) is 4.79 Å². The number of pyridine rings is 1. The minimum absolute atomic E-state index is 0.0166. The molecule has 2 heterocycles. The number of carbonyl (C=O) groups excluding carboxylic acids is 1. The van der Waals surface area contributed by atoms with Crippen LogP contribution < -0.4 is 5.32 Å². The topological polar surface area (TPSA) is 54.5 Å². The summed E-state index contributed by atoms with van der Waals surface area (Å²) < 4.78 is 5.79. The molecule has 1 aromatic heterocycles. The molecule has 3 rings (SSSR count). The van der Waals surface area contributed by atoms with Crippen molar-refractivity contribution in [3.05, 3.63) is 66.0 Å². The zero-order valence-corrected chi connectivity index (χ0v) is 14.6. The van der Waals surface area contributed by atoms with Crippen molar-refractivity contribution in [3.8, 4) is 0 Å². The Morgan fingerprint density at radius 2 is 2.16 bits per heavy atom. The lowest BCUT2D eigenvalue weighted by atomic mass is 10.1. The Balaban J connectivity index is 1.48. The van der Waals surface area contributed by atoms with E-state index in [1.54, 1.807) is 12.4 Å². The molecule has 0 saturated carbocycles. The number of hydrogen-bond donors (Lipinski definition) is 1. The zero-order valence-electron chi connectivity index (χ0n) is 14.6. The van der Waals surface area contributed by atoms with Gasteiger partial charge in [-0.05, 0) is 24.1 Å². The average Bonchev–Trinajstić information content (AvgIpc) is 2.63. The van der Waals surface area contributed by atoms with Gasteiger partial charge in [0.1, 0.15) is 0 Å². The van der Waals surface area contributed by atoms with Crippen LogP contribution >= 0.6 is 0 Å². The molecule has 0 aliphatic carbocycles. The molecule has 1 aliphatic rings. The van der Waals surface area contributed by atoms with Gasteiger partial charge in [-0.3, -0.25) is 14.7 Å². The number of morpholine rings is 1. The number of aromatic nitrogens is 1. The molecule has 0 spiro atoms. The first-order valence-electron chi connectivity index (χ1n) is 8.78. The van der Waals surface area contributed by atoms with E-state index < -0.39 is 0 Å². The maximum Gasteiger partial charge on any atom is 0.223 e. The molecule has 0 radical (unpaired) electrons. The van der Waals surface area contributed by atoms with E-state index in [4.69, 9.17) is 4.74 Å². The van der Waals surface area contributed by atoms with Crippen LogP contribution in [0.1, 0.15) is 30.5 Å². The standard InChI is InChI=1S/C20H25N3O2/c1-16(18-8-5-9-21-13-18)22-20(24)12-19-15-23(10-11-25-19)14-17-6-3-2-4-7-17/h2-9,13,16,19H,10-12,14-15H2,1H3,(H,22,24). The maximum absolute atomic E-state index is 12.3. The number of carbonyl (C=O) groups is 1. The van der Waals surface area contributed by atoms with Crippen LogP contribution in [0.2, 0.25) is 0 Å². The van der Waals surface area contributed by atoms with E-state index in [-0.39, 0.29) is 18.1 Å². The predicted octanol–water partition coefficient (Wildman–Crippen LogP) is 2.55. The number of hydrogen-bond acceptors (Lipinski definition) is 4. The molecule has 2 aromatic rings. The lowest BCUT2D eigenvalue weighted by molar-refractivity contribution is -0.126. The van der Waals surface area contributed by atoms with E-state index in [0.29, 0.717) is 13.0 Å². The summed E-state index contributed by atoms with van der Waals surface area (Å²) in [6, 6.07) is 14.2. The van der Waals surface area contributed by atoms with Gasteiger partial charge in [0.25, 0.3) is 0 Å². The summed E-state index contributed by atoms with van der Waals surface area (Å²) in [5.41, 5.74) is 2.30. The minimum atomic E-state index is -0.0569. The summed E-state index contributed by atoms with van der Waals surface area (Å²) in [6.45, 7) is 5.22.